The number of rotatable bonds is 8. The van der Waals surface area contributed by atoms with Gasteiger partial charge in [0.05, 0.1) is 0 Å². The maximum absolute atomic E-state index is 2.41. The average Bonchev–Trinajstić information content (AvgIpc) is 3.47. The molecule has 0 nitrogen and oxygen atoms in total. The minimum absolute atomic E-state index is 0.505. The highest BCUT2D eigenvalue weighted by Crippen LogP contribution is 2.72. The summed E-state index contributed by atoms with van der Waals surface area (Å²) in [6.07, 6.45) is 18.2. The van der Waals surface area contributed by atoms with Crippen LogP contribution in [0.25, 0.3) is 12.2 Å². The number of hydrogen-bond donors (Lipinski definition) is 0. The summed E-state index contributed by atoms with van der Waals surface area (Å²) in [6, 6.07) is 21.5. The first-order valence-corrected chi connectivity index (χ1v) is 13.5. The second-order valence-corrected chi connectivity index (χ2v) is 11.9. The predicted molar refractivity (Wildman–Crippen MR) is 136 cm³/mol. The number of fused-ring (bicyclic) bond motifs is 5. The van der Waals surface area contributed by atoms with Gasteiger partial charge in [0.25, 0.3) is 0 Å². The lowest BCUT2D eigenvalue weighted by Crippen LogP contribution is -2.48. The maximum atomic E-state index is 2.41. The lowest BCUT2D eigenvalue weighted by atomic mass is 9.80. The van der Waals surface area contributed by atoms with Gasteiger partial charge in [-0.2, -0.15) is 0 Å². The standard InChI is InChI=1S/C28H32S2/c1-3-10-23(11-4-1)14-8-20-29-27-19-17-25(22-27)26-16-7-18-28(26,27)30-21-9-15-24-12-5-2-6-13-24/h1-6,8-15,25-26H,7,16-22H2. The summed E-state index contributed by atoms with van der Waals surface area (Å²) in [5, 5.41) is 0. The zero-order valence-electron chi connectivity index (χ0n) is 17.7. The van der Waals surface area contributed by atoms with E-state index in [1.165, 1.54) is 49.7 Å². The summed E-state index contributed by atoms with van der Waals surface area (Å²) in [5.74, 6) is 4.26. The van der Waals surface area contributed by atoms with Crippen LogP contribution in [-0.4, -0.2) is 21.0 Å². The van der Waals surface area contributed by atoms with E-state index in [4.69, 9.17) is 0 Å². The molecule has 3 fully saturated rings. The van der Waals surface area contributed by atoms with E-state index >= 15 is 0 Å². The third kappa shape index (κ3) is 3.82. The van der Waals surface area contributed by atoms with Crippen LogP contribution >= 0.6 is 23.5 Å². The molecule has 3 aliphatic rings. The van der Waals surface area contributed by atoms with Crippen molar-refractivity contribution in [1.82, 2.24) is 0 Å². The lowest BCUT2D eigenvalue weighted by molar-refractivity contribution is 0.307. The normalized spacial score (nSPS) is 32.4. The molecule has 0 amide bonds. The molecule has 5 rings (SSSR count). The van der Waals surface area contributed by atoms with Gasteiger partial charge in [-0.15, -0.1) is 23.5 Å². The first kappa shape index (κ1) is 20.5. The third-order valence-electron chi connectivity index (χ3n) is 7.63. The molecule has 4 atom stereocenters. The second kappa shape index (κ2) is 9.01. The van der Waals surface area contributed by atoms with Gasteiger partial charge in [-0.25, -0.2) is 0 Å². The van der Waals surface area contributed by atoms with Crippen LogP contribution in [0, 0.1) is 11.8 Å². The number of hydrogen-bond acceptors (Lipinski definition) is 2. The van der Waals surface area contributed by atoms with Crippen molar-refractivity contribution in [3.8, 4) is 0 Å². The van der Waals surface area contributed by atoms with Crippen molar-refractivity contribution in [2.24, 2.45) is 11.8 Å². The molecule has 0 spiro atoms. The quantitative estimate of drug-likeness (QED) is 0.415. The summed E-state index contributed by atoms with van der Waals surface area (Å²) < 4.78 is 1.02. The molecule has 2 aromatic rings. The van der Waals surface area contributed by atoms with Gasteiger partial charge in [-0.1, -0.05) is 91.4 Å². The first-order valence-electron chi connectivity index (χ1n) is 11.5. The van der Waals surface area contributed by atoms with Crippen molar-refractivity contribution in [2.75, 3.05) is 11.5 Å². The van der Waals surface area contributed by atoms with Gasteiger partial charge in [0, 0.05) is 21.0 Å². The summed E-state index contributed by atoms with van der Waals surface area (Å²) in [6.45, 7) is 0. The molecule has 0 radical (unpaired) electrons. The molecule has 0 aromatic heterocycles. The Morgan fingerprint density at radius 3 is 2.07 bits per heavy atom. The monoisotopic (exact) mass is 432 g/mol. The highest BCUT2D eigenvalue weighted by Gasteiger charge is 2.68. The molecule has 2 heteroatoms. The van der Waals surface area contributed by atoms with Crippen LogP contribution in [0.4, 0.5) is 0 Å². The Kier molecular flexibility index (Phi) is 6.16. The summed E-state index contributed by atoms with van der Waals surface area (Å²) in [4.78, 5) is 0. The highest BCUT2D eigenvalue weighted by atomic mass is 32.2. The van der Waals surface area contributed by atoms with Gasteiger partial charge in [0.1, 0.15) is 0 Å². The SMILES string of the molecule is C(=Cc1ccccc1)CSC12CCC(C1)C1CCCC12SCC=Cc1ccccc1. The first-order chi connectivity index (χ1) is 14.8. The molecule has 4 unspecified atom stereocenters. The van der Waals surface area contributed by atoms with Crippen molar-refractivity contribution in [1.29, 1.82) is 0 Å². The minimum Gasteiger partial charge on any atom is -0.150 e. The predicted octanol–water partition coefficient (Wildman–Crippen LogP) is 7.97. The summed E-state index contributed by atoms with van der Waals surface area (Å²) in [5.41, 5.74) is 2.64. The van der Waals surface area contributed by atoms with Crippen LogP contribution in [0.3, 0.4) is 0 Å². The Labute approximate surface area is 190 Å². The van der Waals surface area contributed by atoms with Crippen LogP contribution in [0.5, 0.6) is 0 Å². The van der Waals surface area contributed by atoms with Crippen LogP contribution < -0.4 is 0 Å². The fourth-order valence-corrected chi connectivity index (χ4v) is 10.1. The lowest BCUT2D eigenvalue weighted by Gasteiger charge is -2.47. The number of thioether (sulfide) groups is 2. The summed E-state index contributed by atoms with van der Waals surface area (Å²) >= 11 is 4.60. The molecule has 2 bridgehead atoms. The van der Waals surface area contributed by atoms with Gasteiger partial charge in [-0.3, -0.25) is 0 Å². The van der Waals surface area contributed by atoms with Gasteiger partial charge in [0.2, 0.25) is 0 Å². The molecule has 3 aliphatic carbocycles. The van der Waals surface area contributed by atoms with E-state index < -0.39 is 0 Å². The Balaban J connectivity index is 1.27. The van der Waals surface area contributed by atoms with Crippen LogP contribution in [0.2, 0.25) is 0 Å². The van der Waals surface area contributed by atoms with Crippen molar-refractivity contribution >= 4 is 35.7 Å². The molecule has 0 saturated heterocycles. The van der Waals surface area contributed by atoms with E-state index in [2.05, 4.69) is 108 Å². The van der Waals surface area contributed by atoms with E-state index in [0.717, 1.165) is 23.3 Å². The van der Waals surface area contributed by atoms with E-state index in [9.17, 15) is 0 Å². The average molecular weight is 433 g/mol. The molecule has 3 saturated carbocycles. The third-order valence-corrected chi connectivity index (χ3v) is 11.2. The van der Waals surface area contributed by atoms with Crippen LogP contribution in [0.15, 0.2) is 72.8 Å². The van der Waals surface area contributed by atoms with Crippen molar-refractivity contribution in [3.63, 3.8) is 0 Å². The van der Waals surface area contributed by atoms with Gasteiger partial charge >= 0.3 is 0 Å². The minimum atomic E-state index is 0.505. The van der Waals surface area contributed by atoms with Gasteiger partial charge in [0.15, 0.2) is 0 Å². The zero-order chi connectivity index (χ0) is 20.3. The van der Waals surface area contributed by atoms with Crippen molar-refractivity contribution < 1.29 is 0 Å². The van der Waals surface area contributed by atoms with Crippen molar-refractivity contribution in [3.05, 3.63) is 83.9 Å². The molecule has 0 N–H and O–H groups in total. The smallest absolute Gasteiger partial charge is 0.0340 e. The molecule has 156 valence electrons. The van der Waals surface area contributed by atoms with Crippen molar-refractivity contribution in [2.45, 2.75) is 48.0 Å². The van der Waals surface area contributed by atoms with Gasteiger partial charge in [-0.05, 0) is 55.1 Å². The van der Waals surface area contributed by atoms with Crippen LogP contribution in [0.1, 0.15) is 49.7 Å². The molecular formula is C28H32S2. The largest absolute Gasteiger partial charge is 0.150 e. The van der Waals surface area contributed by atoms with Gasteiger partial charge < -0.3 is 0 Å². The maximum Gasteiger partial charge on any atom is 0.0340 e. The van der Waals surface area contributed by atoms with E-state index in [1.54, 1.807) is 0 Å². The fourth-order valence-electron chi connectivity index (χ4n) is 6.42. The molecule has 2 aromatic carbocycles. The second-order valence-electron chi connectivity index (χ2n) is 9.13. The van der Waals surface area contributed by atoms with E-state index in [0.29, 0.717) is 9.49 Å². The molecule has 0 aliphatic heterocycles. The molecule has 30 heavy (non-hydrogen) atoms. The Hall–Kier alpha value is -1.38. The topological polar surface area (TPSA) is 0 Å². The highest BCUT2D eigenvalue weighted by molar-refractivity contribution is 8.05. The summed E-state index contributed by atoms with van der Waals surface area (Å²) in [7, 11) is 0. The fraction of sp³-hybridized carbons (Fsp3) is 0.429. The molecule has 0 heterocycles. The van der Waals surface area contributed by atoms with E-state index in [-0.39, 0.29) is 0 Å². The Bertz CT molecular complexity index is 887. The number of benzene rings is 2. The zero-order valence-corrected chi connectivity index (χ0v) is 19.3. The molecular weight excluding hydrogens is 400 g/mol. The van der Waals surface area contributed by atoms with Crippen LogP contribution in [-0.2, 0) is 0 Å². The Morgan fingerprint density at radius 1 is 0.767 bits per heavy atom. The van der Waals surface area contributed by atoms with E-state index in [1.807, 2.05) is 0 Å². The Morgan fingerprint density at radius 2 is 1.40 bits per heavy atom.